The van der Waals surface area contributed by atoms with Crippen LogP contribution in [-0.4, -0.2) is 24.6 Å². The van der Waals surface area contributed by atoms with Crippen molar-refractivity contribution >= 4 is 69.7 Å². The zero-order valence-electron chi connectivity index (χ0n) is 31.2. The lowest BCUT2D eigenvalue weighted by Crippen LogP contribution is -2.22. The van der Waals surface area contributed by atoms with Crippen LogP contribution in [0.1, 0.15) is 160 Å². The number of hydrogen-bond donors (Lipinski definition) is 0. The van der Waals surface area contributed by atoms with Gasteiger partial charge < -0.3 is 9.47 Å². The summed E-state index contributed by atoms with van der Waals surface area (Å²) in [4.78, 5) is 24.5. The van der Waals surface area contributed by atoms with Crippen LogP contribution in [0.3, 0.4) is 0 Å². The second-order valence-electron chi connectivity index (χ2n) is 13.7. The van der Waals surface area contributed by atoms with Crippen molar-refractivity contribution in [2.75, 3.05) is 6.61 Å². The maximum Gasteiger partial charge on any atom is 0.306 e. The van der Waals surface area contributed by atoms with Crippen LogP contribution in [-0.2, 0) is 31.9 Å². The fourth-order valence-corrected chi connectivity index (χ4v) is 7.09. The van der Waals surface area contributed by atoms with Gasteiger partial charge in [-0.25, -0.2) is 0 Å². The molecule has 0 N–H and O–H groups in total. The van der Waals surface area contributed by atoms with Gasteiger partial charge in [0.2, 0.25) is 0 Å². The molecule has 0 aliphatic carbocycles. The summed E-state index contributed by atoms with van der Waals surface area (Å²) in [7, 11) is 0. The van der Waals surface area contributed by atoms with Crippen molar-refractivity contribution in [3.05, 3.63) is 55.5 Å². The molecule has 6 nitrogen and oxygen atoms in total. The van der Waals surface area contributed by atoms with Gasteiger partial charge >= 0.3 is 11.9 Å². The molecule has 2 rings (SSSR count). The van der Waals surface area contributed by atoms with Crippen molar-refractivity contribution < 1.29 is 19.1 Å². The molecule has 0 aliphatic rings. The van der Waals surface area contributed by atoms with E-state index in [0.717, 1.165) is 49.7 Å². The molecule has 10 heteroatoms. The van der Waals surface area contributed by atoms with Gasteiger partial charge in [0, 0.05) is 12.8 Å². The third-order valence-electron chi connectivity index (χ3n) is 8.86. The van der Waals surface area contributed by atoms with Crippen LogP contribution in [0.15, 0.2) is 34.5 Å². The van der Waals surface area contributed by atoms with Crippen LogP contribution >= 0.6 is 46.4 Å². The predicted octanol–water partition coefficient (Wildman–Crippen LogP) is 15.1. The summed E-state index contributed by atoms with van der Waals surface area (Å²) in [5, 5.41) is 9.95. The Morgan fingerprint density at radius 2 is 0.922 bits per heavy atom. The molecule has 0 aromatic heterocycles. The first-order valence-corrected chi connectivity index (χ1v) is 20.9. The van der Waals surface area contributed by atoms with Gasteiger partial charge in [-0.3, -0.25) is 9.59 Å². The Morgan fingerprint density at radius 1 is 0.549 bits per heavy atom. The molecule has 0 saturated heterocycles. The van der Waals surface area contributed by atoms with Crippen molar-refractivity contribution in [3.8, 4) is 0 Å². The molecule has 286 valence electrons. The summed E-state index contributed by atoms with van der Waals surface area (Å²) in [6, 6.07) is 7.21. The Balaban J connectivity index is 1.58. The summed E-state index contributed by atoms with van der Waals surface area (Å²) in [6.07, 6.45) is 23.5. The van der Waals surface area contributed by atoms with Crippen molar-refractivity contribution in [3.63, 3.8) is 0 Å². The number of rotatable bonds is 28. The highest BCUT2D eigenvalue weighted by Gasteiger charge is 2.14. The van der Waals surface area contributed by atoms with Crippen LogP contribution < -0.4 is 0 Å². The third kappa shape index (κ3) is 20.3. The number of unbranched alkanes of at least 4 members (excludes halogenated alkanes) is 15. The lowest BCUT2D eigenvalue weighted by atomic mass is 10.0. The molecule has 2 aromatic rings. The van der Waals surface area contributed by atoms with E-state index in [4.69, 9.17) is 55.9 Å². The molecule has 51 heavy (non-hydrogen) atoms. The fourth-order valence-electron chi connectivity index (χ4n) is 5.87. The van der Waals surface area contributed by atoms with Gasteiger partial charge in [0.05, 0.1) is 20.1 Å². The Labute approximate surface area is 327 Å². The minimum atomic E-state index is -0.509. The van der Waals surface area contributed by atoms with E-state index in [1.165, 1.54) is 77.0 Å². The number of azo groups is 1. The lowest BCUT2D eigenvalue weighted by molar-refractivity contribution is -0.158. The van der Waals surface area contributed by atoms with E-state index in [2.05, 4.69) is 24.1 Å². The number of carbonyl (C=O) groups excluding carboxylic acids is 2. The van der Waals surface area contributed by atoms with Crippen molar-refractivity contribution in [1.82, 2.24) is 0 Å². The second-order valence-corrected chi connectivity index (χ2v) is 15.3. The van der Waals surface area contributed by atoms with E-state index in [0.29, 0.717) is 50.7 Å². The van der Waals surface area contributed by atoms with Gasteiger partial charge in [-0.1, -0.05) is 157 Å². The SMILES string of the molecule is CCCCCCCCCCCCCCCCCC(=O)OC[C@@H](C)OC(=O)CCCc1cc(Cl)c(N=Nc2c(Cl)cc(CCCC)cc2Cl)c(Cl)c1. The van der Waals surface area contributed by atoms with Crippen molar-refractivity contribution in [2.24, 2.45) is 10.2 Å². The molecule has 2 aromatic carbocycles. The smallest absolute Gasteiger partial charge is 0.306 e. The number of carbonyl (C=O) groups is 2. The van der Waals surface area contributed by atoms with Crippen LogP contribution in [0.25, 0.3) is 0 Å². The Morgan fingerprint density at radius 3 is 1.35 bits per heavy atom. The number of benzene rings is 2. The van der Waals surface area contributed by atoms with E-state index >= 15 is 0 Å². The molecule has 0 unspecified atom stereocenters. The quantitative estimate of drug-likeness (QED) is 0.0489. The summed E-state index contributed by atoms with van der Waals surface area (Å²) in [5.41, 5.74) is 2.58. The van der Waals surface area contributed by atoms with E-state index in [1.807, 2.05) is 12.1 Å². The zero-order chi connectivity index (χ0) is 37.3. The average Bonchev–Trinajstić information content (AvgIpc) is 3.08. The van der Waals surface area contributed by atoms with Crippen LogP contribution in [0.5, 0.6) is 0 Å². The summed E-state index contributed by atoms with van der Waals surface area (Å²) < 4.78 is 10.8. The highest BCUT2D eigenvalue weighted by Crippen LogP contribution is 2.39. The number of nitrogens with zero attached hydrogens (tertiary/aromatic N) is 2. The highest BCUT2D eigenvalue weighted by molar-refractivity contribution is 6.39. The number of halogens is 4. The zero-order valence-corrected chi connectivity index (χ0v) is 34.2. The van der Waals surface area contributed by atoms with E-state index < -0.39 is 6.10 Å². The van der Waals surface area contributed by atoms with E-state index in [1.54, 1.807) is 19.1 Å². The first-order chi connectivity index (χ1) is 24.6. The lowest BCUT2D eigenvalue weighted by Gasteiger charge is -2.14. The maximum atomic E-state index is 12.4. The number of aryl methyl sites for hydroxylation is 2. The standard InChI is InChI=1S/C41H60Cl4N2O4/c1-4-6-8-9-10-11-12-13-14-15-16-17-18-19-20-24-38(48)50-30-31(3)51-39(49)25-21-23-33-28-36(44)41(37(45)29-33)47-46-40-34(42)26-32(22-7-5-2)27-35(40)43/h26-29,31H,4-25,30H2,1-3H3/t31-/m1/s1. The summed E-state index contributed by atoms with van der Waals surface area (Å²) >= 11 is 25.8. The van der Waals surface area contributed by atoms with Gasteiger partial charge in [0.1, 0.15) is 24.1 Å². The number of hydrogen-bond acceptors (Lipinski definition) is 6. The first-order valence-electron chi connectivity index (χ1n) is 19.4. The minimum absolute atomic E-state index is 0.0595. The van der Waals surface area contributed by atoms with Gasteiger partial charge in [0.25, 0.3) is 0 Å². The molecule has 0 spiro atoms. The van der Waals surface area contributed by atoms with Crippen LogP contribution in [0, 0.1) is 0 Å². The predicted molar refractivity (Wildman–Crippen MR) is 215 cm³/mol. The second kappa shape index (κ2) is 27.7. The third-order valence-corrected chi connectivity index (χ3v) is 10.0. The molecule has 0 fully saturated rings. The normalized spacial score (nSPS) is 12.1. The molecule has 1 atom stereocenters. The molecule has 0 amide bonds. The summed E-state index contributed by atoms with van der Waals surface area (Å²) in [5.74, 6) is -0.589. The molecule has 0 bridgehead atoms. The maximum absolute atomic E-state index is 12.4. The topological polar surface area (TPSA) is 77.3 Å². The molecule has 0 saturated carbocycles. The van der Waals surface area contributed by atoms with Gasteiger partial charge in [-0.05, 0) is 74.4 Å². The average molecular weight is 787 g/mol. The molecular formula is C41H60Cl4N2O4. The number of ether oxygens (including phenoxy) is 2. The van der Waals surface area contributed by atoms with Crippen LogP contribution in [0.2, 0.25) is 20.1 Å². The van der Waals surface area contributed by atoms with Gasteiger partial charge in [-0.2, -0.15) is 0 Å². The van der Waals surface area contributed by atoms with Crippen molar-refractivity contribution in [2.45, 2.75) is 168 Å². The summed E-state index contributed by atoms with van der Waals surface area (Å²) in [6.45, 7) is 6.18. The monoisotopic (exact) mass is 784 g/mol. The van der Waals surface area contributed by atoms with Gasteiger partial charge in [-0.15, -0.1) is 10.2 Å². The molecular weight excluding hydrogens is 726 g/mol. The van der Waals surface area contributed by atoms with E-state index in [-0.39, 0.29) is 25.0 Å². The Hall–Kier alpha value is -1.86. The fraction of sp³-hybridized carbons (Fsp3) is 0.659. The van der Waals surface area contributed by atoms with Crippen LogP contribution in [0.4, 0.5) is 11.4 Å². The number of esters is 2. The molecule has 0 aliphatic heterocycles. The highest BCUT2D eigenvalue weighted by atomic mass is 35.5. The van der Waals surface area contributed by atoms with E-state index in [9.17, 15) is 9.59 Å². The Bertz CT molecular complexity index is 1290. The molecule has 0 heterocycles. The largest absolute Gasteiger partial charge is 0.462 e. The van der Waals surface area contributed by atoms with Crippen molar-refractivity contribution in [1.29, 1.82) is 0 Å². The van der Waals surface area contributed by atoms with Gasteiger partial charge in [0.15, 0.2) is 0 Å². The Kier molecular flexibility index (Phi) is 24.6. The minimum Gasteiger partial charge on any atom is -0.462 e. The first kappa shape index (κ1) is 45.3. The molecule has 0 radical (unpaired) electrons.